The number of aromatic nitrogens is 4. The molecule has 1 unspecified atom stereocenters. The van der Waals surface area contributed by atoms with Crippen LogP contribution < -0.4 is 16.1 Å². The molecule has 0 spiro atoms. The van der Waals surface area contributed by atoms with Crippen molar-refractivity contribution in [1.29, 1.82) is 0 Å². The molecule has 3 aromatic rings. The number of phenols is 1. The molecule has 2 N–H and O–H groups in total. The number of hydrogen-bond donors (Lipinski definition) is 2. The lowest BCUT2D eigenvalue weighted by Gasteiger charge is -2.22. The summed E-state index contributed by atoms with van der Waals surface area (Å²) in [5, 5.41) is 19.8. The highest BCUT2D eigenvalue weighted by Gasteiger charge is 2.20. The van der Waals surface area contributed by atoms with Crippen molar-refractivity contribution < 1.29 is 10.2 Å². The van der Waals surface area contributed by atoms with Crippen LogP contribution in [0.2, 0.25) is 0 Å². The second-order valence-corrected chi connectivity index (χ2v) is 6.34. The van der Waals surface area contributed by atoms with Gasteiger partial charge in [0.1, 0.15) is 5.75 Å². The highest BCUT2D eigenvalue weighted by Crippen LogP contribution is 2.21. The van der Waals surface area contributed by atoms with E-state index in [1.807, 2.05) is 0 Å². The smallest absolute Gasteiger partial charge is 0.332 e. The van der Waals surface area contributed by atoms with Crippen molar-refractivity contribution in [2.45, 2.75) is 6.10 Å². The van der Waals surface area contributed by atoms with Crippen LogP contribution in [0.3, 0.4) is 0 Å². The van der Waals surface area contributed by atoms with E-state index in [2.05, 4.69) is 4.98 Å². The van der Waals surface area contributed by atoms with Crippen LogP contribution in [0.4, 0.5) is 5.95 Å². The molecule has 9 nitrogen and oxygen atoms in total. The first-order valence-electron chi connectivity index (χ1n) is 8.03. The van der Waals surface area contributed by atoms with Crippen LogP contribution in [0.15, 0.2) is 33.9 Å². The molecular formula is C17H21N5O4. The minimum absolute atomic E-state index is 0.126. The highest BCUT2D eigenvalue weighted by molar-refractivity contribution is 5.74. The maximum absolute atomic E-state index is 12.4. The first-order valence-corrected chi connectivity index (χ1v) is 8.03. The zero-order valence-corrected chi connectivity index (χ0v) is 15.0. The van der Waals surface area contributed by atoms with E-state index in [0.29, 0.717) is 22.7 Å². The molecule has 0 aliphatic carbocycles. The molecule has 0 fully saturated rings. The van der Waals surface area contributed by atoms with Gasteiger partial charge in [-0.3, -0.25) is 13.9 Å². The molecule has 2 aromatic heterocycles. The Balaban J connectivity index is 2.00. The molecule has 1 aromatic carbocycles. The zero-order chi connectivity index (χ0) is 19.2. The molecule has 3 rings (SSSR count). The summed E-state index contributed by atoms with van der Waals surface area (Å²) in [6, 6.07) is 6.30. The predicted molar refractivity (Wildman–Crippen MR) is 97.5 cm³/mol. The first-order chi connectivity index (χ1) is 12.2. The SMILES string of the molecule is CN(CC(O)c1ccc(O)cc1)c1nc2c(c(=O)n(C)c(=O)n2C)n1C. The molecule has 138 valence electrons. The maximum Gasteiger partial charge on any atom is 0.332 e. The van der Waals surface area contributed by atoms with E-state index in [9.17, 15) is 19.8 Å². The Morgan fingerprint density at radius 2 is 1.69 bits per heavy atom. The number of aliphatic hydroxyl groups excluding tert-OH is 1. The lowest BCUT2D eigenvalue weighted by molar-refractivity contribution is 0.184. The van der Waals surface area contributed by atoms with Gasteiger partial charge in [0.25, 0.3) is 5.56 Å². The third-order valence-electron chi connectivity index (χ3n) is 4.52. The van der Waals surface area contributed by atoms with E-state index in [4.69, 9.17) is 0 Å². The van der Waals surface area contributed by atoms with Crippen molar-refractivity contribution >= 4 is 17.1 Å². The van der Waals surface area contributed by atoms with E-state index < -0.39 is 17.4 Å². The lowest BCUT2D eigenvalue weighted by Crippen LogP contribution is -2.37. The van der Waals surface area contributed by atoms with Gasteiger partial charge in [-0.1, -0.05) is 12.1 Å². The van der Waals surface area contributed by atoms with Crippen molar-refractivity contribution in [1.82, 2.24) is 18.7 Å². The van der Waals surface area contributed by atoms with Gasteiger partial charge in [0.2, 0.25) is 5.95 Å². The minimum atomic E-state index is -0.813. The number of fused-ring (bicyclic) bond motifs is 1. The fourth-order valence-electron chi connectivity index (χ4n) is 2.99. The number of phenolic OH excluding ortho intramolecular Hbond substituents is 1. The third kappa shape index (κ3) is 2.76. The fourth-order valence-corrected chi connectivity index (χ4v) is 2.99. The Bertz CT molecular complexity index is 1080. The van der Waals surface area contributed by atoms with E-state index in [1.54, 1.807) is 42.7 Å². The average molecular weight is 359 g/mol. The van der Waals surface area contributed by atoms with E-state index in [0.717, 1.165) is 4.57 Å². The van der Waals surface area contributed by atoms with Gasteiger partial charge in [0, 0.05) is 28.2 Å². The highest BCUT2D eigenvalue weighted by atomic mass is 16.3. The van der Waals surface area contributed by atoms with Crippen molar-refractivity contribution in [3.63, 3.8) is 0 Å². The van der Waals surface area contributed by atoms with Crippen LogP contribution >= 0.6 is 0 Å². The van der Waals surface area contributed by atoms with Gasteiger partial charge in [0.15, 0.2) is 11.2 Å². The molecule has 0 aliphatic heterocycles. The summed E-state index contributed by atoms with van der Waals surface area (Å²) in [5.74, 6) is 0.581. The van der Waals surface area contributed by atoms with Gasteiger partial charge < -0.3 is 19.7 Å². The molecule has 26 heavy (non-hydrogen) atoms. The van der Waals surface area contributed by atoms with Crippen LogP contribution in [-0.4, -0.2) is 42.5 Å². The summed E-state index contributed by atoms with van der Waals surface area (Å²) in [7, 11) is 6.43. The first kappa shape index (κ1) is 17.7. The number of nitrogens with zero attached hydrogens (tertiary/aromatic N) is 5. The molecule has 0 aliphatic rings. The van der Waals surface area contributed by atoms with E-state index >= 15 is 0 Å². The number of aromatic hydroxyl groups is 1. The summed E-state index contributed by atoms with van der Waals surface area (Å²) in [6.45, 7) is 0.218. The van der Waals surface area contributed by atoms with Crippen molar-refractivity contribution in [3.8, 4) is 5.75 Å². The average Bonchev–Trinajstić information content (AvgIpc) is 2.96. The zero-order valence-electron chi connectivity index (χ0n) is 15.0. The minimum Gasteiger partial charge on any atom is -0.508 e. The van der Waals surface area contributed by atoms with Gasteiger partial charge in [-0.25, -0.2) is 4.79 Å². The predicted octanol–water partition coefficient (Wildman–Crippen LogP) is -0.154. The fraction of sp³-hybridized carbons (Fsp3) is 0.353. The van der Waals surface area contributed by atoms with Crippen molar-refractivity contribution in [2.75, 3.05) is 18.5 Å². The van der Waals surface area contributed by atoms with Crippen LogP contribution in [0.1, 0.15) is 11.7 Å². The van der Waals surface area contributed by atoms with Crippen LogP contribution in [-0.2, 0) is 21.1 Å². The van der Waals surface area contributed by atoms with Crippen LogP contribution in [0.5, 0.6) is 5.75 Å². The number of imidazole rings is 1. The van der Waals surface area contributed by atoms with Crippen molar-refractivity contribution in [2.24, 2.45) is 21.1 Å². The monoisotopic (exact) mass is 359 g/mol. The summed E-state index contributed by atoms with van der Waals surface area (Å²) in [5.41, 5.74) is 0.393. The number of anilines is 1. The summed E-state index contributed by atoms with van der Waals surface area (Å²) in [4.78, 5) is 30.7. The standard InChI is InChI=1S/C17H21N5O4/c1-19(9-12(24)10-5-7-11(23)8-6-10)16-18-14-13(20(16)2)15(25)22(4)17(26)21(14)3/h5-8,12,23-24H,9H2,1-4H3. The van der Waals surface area contributed by atoms with Gasteiger partial charge in [0.05, 0.1) is 12.6 Å². The van der Waals surface area contributed by atoms with Gasteiger partial charge in [-0.15, -0.1) is 0 Å². The van der Waals surface area contributed by atoms with Gasteiger partial charge in [-0.05, 0) is 17.7 Å². The Kier molecular flexibility index (Phi) is 4.33. The molecule has 0 bridgehead atoms. The van der Waals surface area contributed by atoms with Crippen LogP contribution in [0, 0.1) is 0 Å². The normalized spacial score (nSPS) is 12.5. The second kappa shape index (κ2) is 6.34. The van der Waals surface area contributed by atoms with Crippen LogP contribution in [0.25, 0.3) is 11.2 Å². The number of benzene rings is 1. The molecule has 1 atom stereocenters. The molecule has 0 saturated carbocycles. The molecule has 0 amide bonds. The lowest BCUT2D eigenvalue weighted by atomic mass is 10.1. The quantitative estimate of drug-likeness (QED) is 0.671. The number of likely N-dealkylation sites (N-methyl/N-ethyl adjacent to an activating group) is 1. The second-order valence-electron chi connectivity index (χ2n) is 6.34. The number of rotatable bonds is 4. The van der Waals surface area contributed by atoms with Gasteiger partial charge in [-0.2, -0.15) is 4.98 Å². The molecule has 9 heteroatoms. The van der Waals surface area contributed by atoms with E-state index in [-0.39, 0.29) is 12.3 Å². The molecule has 0 saturated heterocycles. The van der Waals surface area contributed by atoms with Crippen molar-refractivity contribution in [3.05, 3.63) is 50.7 Å². The third-order valence-corrected chi connectivity index (χ3v) is 4.52. The number of hydrogen-bond acceptors (Lipinski definition) is 6. The summed E-state index contributed by atoms with van der Waals surface area (Å²) >= 11 is 0. The topological polar surface area (TPSA) is 106 Å². The van der Waals surface area contributed by atoms with E-state index in [1.165, 1.54) is 23.7 Å². The summed E-state index contributed by atoms with van der Waals surface area (Å²) in [6.07, 6.45) is -0.813. The molecular weight excluding hydrogens is 338 g/mol. The Hall–Kier alpha value is -3.07. The molecule has 0 radical (unpaired) electrons. The maximum atomic E-state index is 12.4. The van der Waals surface area contributed by atoms with Gasteiger partial charge >= 0.3 is 5.69 Å². The number of aryl methyl sites for hydroxylation is 2. The number of aliphatic hydroxyl groups is 1. The Morgan fingerprint density at radius 3 is 2.31 bits per heavy atom. The largest absolute Gasteiger partial charge is 0.508 e. The summed E-state index contributed by atoms with van der Waals surface area (Å²) < 4.78 is 3.98. The molecule has 2 heterocycles. The Labute approximate surface area is 149 Å². The Morgan fingerprint density at radius 1 is 1.08 bits per heavy atom.